The average molecular weight is 117 g/mol. The van der Waals surface area contributed by atoms with Gasteiger partial charge in [0.05, 0.1) is 0 Å². The largest absolute Gasteiger partial charge is 0.525 e. The highest BCUT2D eigenvalue weighted by Gasteiger charge is 1.90. The van der Waals surface area contributed by atoms with Crippen LogP contribution in [0.2, 0.25) is 0 Å². The molecule has 0 fully saturated rings. The van der Waals surface area contributed by atoms with Crippen molar-refractivity contribution in [3.63, 3.8) is 0 Å². The Bertz CT molecular complexity index is 91.3. The fourth-order valence-corrected chi connectivity index (χ4v) is 0.162. The van der Waals surface area contributed by atoms with Crippen LogP contribution in [0.5, 0.6) is 0 Å². The van der Waals surface area contributed by atoms with Gasteiger partial charge in [-0.3, -0.25) is 0 Å². The summed E-state index contributed by atoms with van der Waals surface area (Å²) in [6.07, 6.45) is 0.148. The van der Waals surface area contributed by atoms with Crippen LogP contribution in [0.25, 0.3) is 0 Å². The van der Waals surface area contributed by atoms with Crippen LogP contribution in [-0.2, 0) is 4.84 Å². The molecule has 4 heteroatoms. The van der Waals surface area contributed by atoms with Gasteiger partial charge >= 0.3 is 6.16 Å². The van der Waals surface area contributed by atoms with Crippen LogP contribution in [0.4, 0.5) is 4.79 Å². The second-order valence-corrected chi connectivity index (χ2v) is 1.01. The molecule has 0 unspecified atom stereocenters. The minimum absolute atomic E-state index is 0.326. The van der Waals surface area contributed by atoms with Crippen LogP contribution in [0.15, 0.2) is 12.7 Å². The summed E-state index contributed by atoms with van der Waals surface area (Å²) in [5, 5.41) is 7.82. The summed E-state index contributed by atoms with van der Waals surface area (Å²) in [6, 6.07) is 0. The maximum Gasteiger partial charge on any atom is 0.525 e. The predicted octanol–water partition coefficient (Wildman–Crippen LogP) is 0.372. The molecule has 8 heavy (non-hydrogen) atoms. The summed E-state index contributed by atoms with van der Waals surface area (Å²) in [5.41, 5.74) is 2.12. The van der Waals surface area contributed by atoms with Gasteiger partial charge in [0.1, 0.15) is 0 Å². The van der Waals surface area contributed by atoms with Gasteiger partial charge in [-0.15, -0.1) is 12.1 Å². The van der Waals surface area contributed by atoms with E-state index in [1.807, 2.05) is 0 Å². The van der Waals surface area contributed by atoms with Gasteiger partial charge in [-0.05, 0) is 0 Å². The number of carbonyl (C=O) groups is 1. The van der Waals surface area contributed by atoms with Crippen LogP contribution in [0.3, 0.4) is 0 Å². The monoisotopic (exact) mass is 117 g/mol. The Labute approximate surface area is 46.7 Å². The molecular weight excluding hydrogens is 110 g/mol. The van der Waals surface area contributed by atoms with E-state index in [2.05, 4.69) is 16.9 Å². The van der Waals surface area contributed by atoms with Crippen molar-refractivity contribution < 1.29 is 14.7 Å². The molecule has 46 valence electrons. The molecule has 0 aromatic carbocycles. The van der Waals surface area contributed by atoms with Gasteiger partial charge < -0.3 is 9.94 Å². The summed E-state index contributed by atoms with van der Waals surface area (Å²) in [5.74, 6) is 0. The van der Waals surface area contributed by atoms with Crippen molar-refractivity contribution in [2.45, 2.75) is 0 Å². The Balaban J connectivity index is 2.93. The highest BCUT2D eigenvalue weighted by molar-refractivity contribution is 5.56. The van der Waals surface area contributed by atoms with Gasteiger partial charge in [0, 0.05) is 6.54 Å². The molecule has 4 nitrogen and oxygen atoms in total. The summed E-state index contributed by atoms with van der Waals surface area (Å²) in [7, 11) is 0. The fraction of sp³-hybridized carbons (Fsp3) is 0.250. The van der Waals surface area contributed by atoms with Gasteiger partial charge in [0.25, 0.3) is 0 Å². The van der Waals surface area contributed by atoms with E-state index in [-0.39, 0.29) is 0 Å². The van der Waals surface area contributed by atoms with Gasteiger partial charge in [0.15, 0.2) is 0 Å². The van der Waals surface area contributed by atoms with Crippen molar-refractivity contribution in [1.29, 1.82) is 0 Å². The second-order valence-electron chi connectivity index (χ2n) is 1.01. The Morgan fingerprint density at radius 1 is 2.00 bits per heavy atom. The number of hydrogen-bond donors (Lipinski definition) is 2. The van der Waals surface area contributed by atoms with E-state index in [9.17, 15) is 4.79 Å². The normalized spacial score (nSPS) is 8.00. The van der Waals surface area contributed by atoms with Crippen molar-refractivity contribution >= 4 is 6.16 Å². The Morgan fingerprint density at radius 3 is 3.00 bits per heavy atom. The zero-order valence-electron chi connectivity index (χ0n) is 4.26. The third-order valence-corrected chi connectivity index (χ3v) is 0.387. The fourth-order valence-electron chi connectivity index (χ4n) is 0.162. The highest BCUT2D eigenvalue weighted by Crippen LogP contribution is 1.66. The van der Waals surface area contributed by atoms with Crippen molar-refractivity contribution in [1.82, 2.24) is 5.48 Å². The molecule has 2 N–H and O–H groups in total. The summed E-state index contributed by atoms with van der Waals surface area (Å²) < 4.78 is 0. The topological polar surface area (TPSA) is 58.6 Å². The molecule has 0 aromatic rings. The minimum Gasteiger partial charge on any atom is -0.448 e. The third kappa shape index (κ3) is 4.97. The molecule has 0 bridgehead atoms. The molecule has 0 amide bonds. The van der Waals surface area contributed by atoms with E-state index in [0.29, 0.717) is 6.54 Å². The lowest BCUT2D eigenvalue weighted by Gasteiger charge is -1.94. The number of hydroxylamine groups is 1. The summed E-state index contributed by atoms with van der Waals surface area (Å²) in [6.45, 7) is 3.65. The summed E-state index contributed by atoms with van der Waals surface area (Å²) >= 11 is 0. The Kier molecular flexibility index (Phi) is 3.60. The van der Waals surface area contributed by atoms with Crippen molar-refractivity contribution in [3.8, 4) is 0 Å². The van der Waals surface area contributed by atoms with Crippen LogP contribution in [-0.4, -0.2) is 17.8 Å². The zero-order chi connectivity index (χ0) is 6.41. The van der Waals surface area contributed by atoms with Crippen molar-refractivity contribution in [2.24, 2.45) is 0 Å². The molecule has 0 aliphatic heterocycles. The smallest absolute Gasteiger partial charge is 0.448 e. The standard InChI is InChI=1S/C4H7NO3/c1-2-3-5-8-4(6)7/h2,5H,1,3H2,(H,6,7). The van der Waals surface area contributed by atoms with E-state index < -0.39 is 6.16 Å². The minimum atomic E-state index is -1.34. The van der Waals surface area contributed by atoms with Gasteiger partial charge in [-0.2, -0.15) is 0 Å². The lowest BCUT2D eigenvalue weighted by molar-refractivity contribution is 0.0486. The molecule has 0 atom stereocenters. The molecule has 0 aliphatic rings. The van der Waals surface area contributed by atoms with E-state index in [0.717, 1.165) is 0 Å². The van der Waals surface area contributed by atoms with Crippen LogP contribution in [0.1, 0.15) is 0 Å². The number of nitrogens with one attached hydrogen (secondary N) is 1. The molecule has 0 aliphatic carbocycles. The first-order valence-corrected chi connectivity index (χ1v) is 2.01. The van der Waals surface area contributed by atoms with Crippen LogP contribution in [0, 0.1) is 0 Å². The first-order chi connectivity index (χ1) is 3.77. The van der Waals surface area contributed by atoms with Crippen molar-refractivity contribution in [2.75, 3.05) is 6.54 Å². The lowest BCUT2D eigenvalue weighted by atomic mass is 10.7. The van der Waals surface area contributed by atoms with E-state index in [1.54, 1.807) is 0 Å². The zero-order valence-corrected chi connectivity index (χ0v) is 4.26. The number of carboxylic acid groups (broad SMARTS) is 1. The van der Waals surface area contributed by atoms with Crippen molar-refractivity contribution in [3.05, 3.63) is 12.7 Å². The molecule has 0 saturated carbocycles. The first-order valence-electron chi connectivity index (χ1n) is 2.01. The summed E-state index contributed by atoms with van der Waals surface area (Å²) in [4.78, 5) is 13.4. The highest BCUT2D eigenvalue weighted by atomic mass is 16.8. The first kappa shape index (κ1) is 6.97. The quantitative estimate of drug-likeness (QED) is 0.318. The third-order valence-electron chi connectivity index (χ3n) is 0.387. The van der Waals surface area contributed by atoms with E-state index in [1.165, 1.54) is 6.08 Å². The molecule has 0 radical (unpaired) electrons. The predicted molar refractivity (Wildman–Crippen MR) is 27.3 cm³/mol. The molecule has 0 aromatic heterocycles. The number of hydrogen-bond acceptors (Lipinski definition) is 3. The Hall–Kier alpha value is -1.03. The van der Waals surface area contributed by atoms with Crippen LogP contribution >= 0.6 is 0 Å². The maximum absolute atomic E-state index is 9.56. The van der Waals surface area contributed by atoms with Gasteiger partial charge in [0.2, 0.25) is 0 Å². The molecule has 0 spiro atoms. The molecule has 0 saturated heterocycles. The van der Waals surface area contributed by atoms with E-state index in [4.69, 9.17) is 5.11 Å². The Morgan fingerprint density at radius 2 is 2.62 bits per heavy atom. The molecule has 0 heterocycles. The van der Waals surface area contributed by atoms with Crippen LogP contribution < -0.4 is 5.48 Å². The number of rotatable bonds is 3. The second kappa shape index (κ2) is 4.14. The SMILES string of the molecule is C=CCNOC(=O)O. The lowest BCUT2D eigenvalue weighted by Crippen LogP contribution is -2.17. The maximum atomic E-state index is 9.56. The van der Waals surface area contributed by atoms with Gasteiger partial charge in [-0.1, -0.05) is 6.08 Å². The van der Waals surface area contributed by atoms with Gasteiger partial charge in [-0.25, -0.2) is 4.79 Å². The molecule has 0 rings (SSSR count). The molecular formula is C4H7NO3. The van der Waals surface area contributed by atoms with E-state index >= 15 is 0 Å². The average Bonchev–Trinajstić information content (AvgIpc) is 1.66.